The molecule has 0 radical (unpaired) electrons. The van der Waals surface area contributed by atoms with Crippen LogP contribution in [0.25, 0.3) is 10.7 Å². The molecule has 1 fully saturated rings. The highest BCUT2D eigenvalue weighted by Gasteiger charge is 2.37. The minimum absolute atomic E-state index is 0.189. The molecule has 2 N–H and O–H groups in total. The monoisotopic (exact) mass is 275 g/mol. The van der Waals surface area contributed by atoms with Gasteiger partial charge in [0.1, 0.15) is 5.82 Å². The summed E-state index contributed by atoms with van der Waals surface area (Å²) in [5.74, 6) is 1.06. The molecule has 3 nitrogen and oxygen atoms in total. The molecule has 1 aliphatic rings. The maximum absolute atomic E-state index is 6.53. The third kappa shape index (κ3) is 2.23. The number of hydrogen-bond acceptors (Lipinski definition) is 3. The maximum atomic E-state index is 6.53. The number of imidazole rings is 1. The molecule has 19 heavy (non-hydrogen) atoms. The van der Waals surface area contributed by atoms with Crippen molar-refractivity contribution < 1.29 is 0 Å². The van der Waals surface area contributed by atoms with Crippen LogP contribution in [-0.2, 0) is 0 Å². The number of aromatic nitrogens is 2. The van der Waals surface area contributed by atoms with E-state index in [4.69, 9.17) is 5.73 Å². The van der Waals surface area contributed by atoms with Gasteiger partial charge in [0.25, 0.3) is 0 Å². The Morgan fingerprint density at radius 2 is 2.32 bits per heavy atom. The van der Waals surface area contributed by atoms with Crippen molar-refractivity contribution in [2.45, 2.75) is 45.2 Å². The maximum Gasteiger partial charge on any atom is 0.150 e. The lowest BCUT2D eigenvalue weighted by Crippen LogP contribution is -2.47. The lowest BCUT2D eigenvalue weighted by Gasteiger charge is -2.42. The molecule has 2 aromatic heterocycles. The summed E-state index contributed by atoms with van der Waals surface area (Å²) in [6, 6.07) is 4.75. The van der Waals surface area contributed by atoms with Gasteiger partial charge in [-0.1, -0.05) is 26.3 Å². The summed E-state index contributed by atoms with van der Waals surface area (Å²) in [6.45, 7) is 4.57. The Labute approximate surface area is 118 Å². The van der Waals surface area contributed by atoms with Gasteiger partial charge in [-0.15, -0.1) is 11.3 Å². The van der Waals surface area contributed by atoms with Gasteiger partial charge in [0.15, 0.2) is 0 Å². The van der Waals surface area contributed by atoms with Gasteiger partial charge in [-0.25, -0.2) is 4.98 Å². The van der Waals surface area contributed by atoms with Crippen LogP contribution in [0.2, 0.25) is 0 Å². The fourth-order valence-electron chi connectivity index (χ4n) is 3.12. The molecule has 0 bridgehead atoms. The van der Waals surface area contributed by atoms with Crippen molar-refractivity contribution >= 4 is 11.3 Å². The highest BCUT2D eigenvalue weighted by Crippen LogP contribution is 2.41. The van der Waals surface area contributed by atoms with Crippen LogP contribution in [0.4, 0.5) is 0 Å². The van der Waals surface area contributed by atoms with Gasteiger partial charge in [-0.2, -0.15) is 0 Å². The second-order valence-electron chi connectivity index (χ2n) is 6.11. The average molecular weight is 275 g/mol. The summed E-state index contributed by atoms with van der Waals surface area (Å²) in [7, 11) is 0. The van der Waals surface area contributed by atoms with Crippen molar-refractivity contribution in [3.8, 4) is 10.7 Å². The van der Waals surface area contributed by atoms with E-state index in [9.17, 15) is 0 Å². The first-order chi connectivity index (χ1) is 9.09. The van der Waals surface area contributed by atoms with Crippen molar-refractivity contribution in [3.63, 3.8) is 0 Å². The third-order valence-electron chi connectivity index (χ3n) is 4.41. The summed E-state index contributed by atoms with van der Waals surface area (Å²) < 4.78 is 2.29. The van der Waals surface area contributed by atoms with E-state index >= 15 is 0 Å². The fourth-order valence-corrected chi connectivity index (χ4v) is 3.85. The van der Waals surface area contributed by atoms with Crippen molar-refractivity contribution in [1.29, 1.82) is 0 Å². The number of nitrogens with zero attached hydrogens (tertiary/aromatic N) is 2. The van der Waals surface area contributed by atoms with Gasteiger partial charge >= 0.3 is 0 Å². The Hall–Kier alpha value is -1.13. The smallest absolute Gasteiger partial charge is 0.150 e. The van der Waals surface area contributed by atoms with Gasteiger partial charge < -0.3 is 10.3 Å². The topological polar surface area (TPSA) is 43.8 Å². The molecule has 0 aromatic carbocycles. The van der Waals surface area contributed by atoms with Gasteiger partial charge in [0.05, 0.1) is 10.9 Å². The molecule has 102 valence electrons. The Balaban J connectivity index is 1.97. The molecule has 0 amide bonds. The highest BCUT2D eigenvalue weighted by molar-refractivity contribution is 7.13. The van der Waals surface area contributed by atoms with Crippen molar-refractivity contribution in [3.05, 3.63) is 29.9 Å². The Morgan fingerprint density at radius 1 is 1.47 bits per heavy atom. The van der Waals surface area contributed by atoms with Crippen LogP contribution in [0.5, 0.6) is 0 Å². The standard InChI is InChI=1S/C15H21N3S/c1-15(2)7-3-5-11(13(15)16)18-9-8-17-14(18)12-6-4-10-19-12/h4,6,8-11,13H,3,5,7,16H2,1-2H3. The molecule has 4 heteroatoms. The zero-order valence-corrected chi connectivity index (χ0v) is 12.4. The Bertz CT molecular complexity index is 542. The average Bonchev–Trinajstić information content (AvgIpc) is 3.01. The summed E-state index contributed by atoms with van der Waals surface area (Å²) >= 11 is 1.74. The first kappa shape index (κ1) is 12.9. The normalized spacial score (nSPS) is 26.5. The fraction of sp³-hybridized carbons (Fsp3) is 0.533. The van der Waals surface area contributed by atoms with E-state index in [-0.39, 0.29) is 11.5 Å². The lowest BCUT2D eigenvalue weighted by molar-refractivity contribution is 0.144. The number of nitrogens with two attached hydrogens (primary N) is 1. The Morgan fingerprint density at radius 3 is 3.05 bits per heavy atom. The second kappa shape index (κ2) is 4.76. The van der Waals surface area contributed by atoms with Crippen LogP contribution >= 0.6 is 11.3 Å². The van der Waals surface area contributed by atoms with E-state index in [1.807, 2.05) is 6.20 Å². The molecule has 2 atom stereocenters. The van der Waals surface area contributed by atoms with E-state index in [2.05, 4.69) is 47.1 Å². The number of thiophene rings is 1. The first-order valence-electron chi connectivity index (χ1n) is 6.92. The molecule has 3 rings (SSSR count). The molecule has 0 aliphatic heterocycles. The van der Waals surface area contributed by atoms with E-state index in [0.29, 0.717) is 6.04 Å². The Kier molecular flexibility index (Phi) is 3.23. The molecule has 1 aliphatic carbocycles. The number of rotatable bonds is 2. The lowest BCUT2D eigenvalue weighted by atomic mass is 9.71. The molecule has 2 heterocycles. The zero-order chi connectivity index (χ0) is 13.5. The molecule has 1 saturated carbocycles. The molecular weight excluding hydrogens is 254 g/mol. The van der Waals surface area contributed by atoms with Crippen LogP contribution in [0.3, 0.4) is 0 Å². The molecular formula is C15H21N3S. The third-order valence-corrected chi connectivity index (χ3v) is 5.27. The van der Waals surface area contributed by atoms with E-state index in [0.717, 1.165) is 12.2 Å². The van der Waals surface area contributed by atoms with Crippen LogP contribution in [0.1, 0.15) is 39.2 Å². The van der Waals surface area contributed by atoms with E-state index in [1.165, 1.54) is 17.7 Å². The van der Waals surface area contributed by atoms with E-state index < -0.39 is 0 Å². The quantitative estimate of drug-likeness (QED) is 0.908. The zero-order valence-electron chi connectivity index (χ0n) is 11.5. The SMILES string of the molecule is CC1(C)CCCC(n2ccnc2-c2cccs2)C1N. The van der Waals surface area contributed by atoms with E-state index in [1.54, 1.807) is 11.3 Å². The van der Waals surface area contributed by atoms with Crippen LogP contribution in [0.15, 0.2) is 29.9 Å². The predicted octanol–water partition coefficient (Wildman–Crippen LogP) is 3.69. The highest BCUT2D eigenvalue weighted by atomic mass is 32.1. The molecule has 2 unspecified atom stereocenters. The summed E-state index contributed by atoms with van der Waals surface area (Å²) in [5, 5.41) is 2.10. The van der Waals surface area contributed by atoms with Crippen LogP contribution < -0.4 is 5.73 Å². The predicted molar refractivity (Wildman–Crippen MR) is 80.2 cm³/mol. The van der Waals surface area contributed by atoms with Crippen molar-refractivity contribution in [2.75, 3.05) is 0 Å². The number of hydrogen-bond donors (Lipinski definition) is 1. The summed E-state index contributed by atoms with van der Waals surface area (Å²) in [6.07, 6.45) is 7.59. The largest absolute Gasteiger partial charge is 0.326 e. The minimum Gasteiger partial charge on any atom is -0.326 e. The molecule has 0 spiro atoms. The minimum atomic E-state index is 0.189. The van der Waals surface area contributed by atoms with Gasteiger partial charge in [0, 0.05) is 18.4 Å². The van der Waals surface area contributed by atoms with Crippen LogP contribution in [0, 0.1) is 5.41 Å². The van der Waals surface area contributed by atoms with Crippen molar-refractivity contribution in [2.24, 2.45) is 11.1 Å². The van der Waals surface area contributed by atoms with Gasteiger partial charge in [-0.3, -0.25) is 0 Å². The molecule has 2 aromatic rings. The van der Waals surface area contributed by atoms with Gasteiger partial charge in [0.2, 0.25) is 0 Å². The summed E-state index contributed by atoms with van der Waals surface area (Å²) in [4.78, 5) is 5.76. The first-order valence-corrected chi connectivity index (χ1v) is 7.80. The van der Waals surface area contributed by atoms with Gasteiger partial charge in [-0.05, 0) is 29.7 Å². The van der Waals surface area contributed by atoms with Crippen molar-refractivity contribution in [1.82, 2.24) is 9.55 Å². The molecule has 0 saturated heterocycles. The van der Waals surface area contributed by atoms with Crippen LogP contribution in [-0.4, -0.2) is 15.6 Å². The second-order valence-corrected chi connectivity index (χ2v) is 7.06. The summed E-state index contributed by atoms with van der Waals surface area (Å²) in [5.41, 5.74) is 6.73.